The number of likely N-dealkylation sites (tertiary alicyclic amines) is 1. The molecule has 1 aromatic rings. The molecule has 0 spiro atoms. The van der Waals surface area contributed by atoms with Gasteiger partial charge < -0.3 is 9.80 Å². The number of likely N-dealkylation sites (N-methyl/N-ethyl adjacent to an activating group) is 1. The minimum Gasteiger partial charge on any atom is -0.336 e. The van der Waals surface area contributed by atoms with E-state index < -0.39 is 10.0 Å². The zero-order chi connectivity index (χ0) is 21.0. The Morgan fingerprint density at radius 3 is 2.41 bits per heavy atom. The summed E-state index contributed by atoms with van der Waals surface area (Å²) in [5.41, 5.74) is 0.448. The number of amides is 1. The van der Waals surface area contributed by atoms with Crippen molar-refractivity contribution in [2.24, 2.45) is 0 Å². The highest BCUT2D eigenvalue weighted by Crippen LogP contribution is 2.20. The lowest BCUT2D eigenvalue weighted by molar-refractivity contribution is 0.0452. The van der Waals surface area contributed by atoms with E-state index in [1.807, 2.05) is 18.7 Å². The lowest BCUT2D eigenvalue weighted by atomic mass is 10.0. The third-order valence-corrected chi connectivity index (χ3v) is 8.19. The van der Waals surface area contributed by atoms with Crippen molar-refractivity contribution >= 4 is 15.9 Å². The van der Waals surface area contributed by atoms with Gasteiger partial charge in [-0.1, -0.05) is 19.9 Å². The Balaban J connectivity index is 1.66. The fraction of sp³-hybridized carbons (Fsp3) is 0.667. The van der Waals surface area contributed by atoms with Gasteiger partial charge in [0.05, 0.1) is 4.90 Å². The summed E-state index contributed by atoms with van der Waals surface area (Å²) in [7, 11) is -1.39. The molecular formula is C21H34N4O3S. The van der Waals surface area contributed by atoms with E-state index in [0.29, 0.717) is 37.8 Å². The maximum absolute atomic E-state index is 13.0. The first-order valence-electron chi connectivity index (χ1n) is 10.7. The molecule has 2 heterocycles. The van der Waals surface area contributed by atoms with Crippen LogP contribution in [0.1, 0.15) is 37.0 Å². The second-order valence-electron chi connectivity index (χ2n) is 8.00. The second kappa shape index (κ2) is 9.55. The van der Waals surface area contributed by atoms with Crippen molar-refractivity contribution in [3.05, 3.63) is 29.8 Å². The van der Waals surface area contributed by atoms with Crippen LogP contribution in [0, 0.1) is 0 Å². The highest BCUT2D eigenvalue weighted by atomic mass is 32.2. The minimum absolute atomic E-state index is 0.0815. The summed E-state index contributed by atoms with van der Waals surface area (Å²) in [5, 5.41) is 0. The predicted octanol–water partition coefficient (Wildman–Crippen LogP) is 1.57. The van der Waals surface area contributed by atoms with Gasteiger partial charge in [0.25, 0.3) is 5.91 Å². The van der Waals surface area contributed by atoms with Crippen LogP contribution in [0.5, 0.6) is 0 Å². The molecule has 1 aromatic carbocycles. The van der Waals surface area contributed by atoms with E-state index in [1.54, 1.807) is 18.2 Å². The van der Waals surface area contributed by atoms with Crippen molar-refractivity contribution in [3.8, 4) is 0 Å². The molecule has 7 nitrogen and oxygen atoms in total. The van der Waals surface area contributed by atoms with E-state index >= 15 is 0 Å². The van der Waals surface area contributed by atoms with Crippen LogP contribution in [0.15, 0.2) is 29.2 Å². The van der Waals surface area contributed by atoms with Gasteiger partial charge in [0.15, 0.2) is 0 Å². The van der Waals surface area contributed by atoms with Gasteiger partial charge in [-0.05, 0) is 44.6 Å². The van der Waals surface area contributed by atoms with Crippen LogP contribution >= 0.6 is 0 Å². The highest BCUT2D eigenvalue weighted by Gasteiger charge is 2.29. The van der Waals surface area contributed by atoms with Crippen molar-refractivity contribution in [1.29, 1.82) is 0 Å². The van der Waals surface area contributed by atoms with E-state index in [4.69, 9.17) is 0 Å². The van der Waals surface area contributed by atoms with Gasteiger partial charge in [0.1, 0.15) is 0 Å². The van der Waals surface area contributed by atoms with Gasteiger partial charge in [0, 0.05) is 57.4 Å². The number of nitrogens with zero attached hydrogens (tertiary/aromatic N) is 4. The Bertz CT molecular complexity index is 802. The molecule has 29 heavy (non-hydrogen) atoms. The Kier molecular flexibility index (Phi) is 7.32. The lowest BCUT2D eigenvalue weighted by Gasteiger charge is -2.42. The van der Waals surface area contributed by atoms with E-state index in [0.717, 1.165) is 19.6 Å². The summed E-state index contributed by atoms with van der Waals surface area (Å²) < 4.78 is 27.0. The minimum atomic E-state index is -3.57. The summed E-state index contributed by atoms with van der Waals surface area (Å²) in [4.78, 5) is 19.9. The quantitative estimate of drug-likeness (QED) is 0.696. The summed E-state index contributed by atoms with van der Waals surface area (Å²) in [6, 6.07) is 7.05. The number of rotatable bonds is 6. The molecule has 1 atom stereocenters. The van der Waals surface area contributed by atoms with Crippen LogP contribution in [-0.4, -0.2) is 98.8 Å². The summed E-state index contributed by atoms with van der Waals surface area (Å²) in [6.45, 7) is 9.85. The Hall–Kier alpha value is -1.48. The van der Waals surface area contributed by atoms with Gasteiger partial charge in [-0.25, -0.2) is 8.42 Å². The van der Waals surface area contributed by atoms with Gasteiger partial charge in [-0.2, -0.15) is 4.31 Å². The highest BCUT2D eigenvalue weighted by molar-refractivity contribution is 7.89. The Morgan fingerprint density at radius 1 is 1.10 bits per heavy atom. The van der Waals surface area contributed by atoms with Crippen molar-refractivity contribution < 1.29 is 13.2 Å². The molecule has 1 amide bonds. The SMILES string of the molecule is CCN(CC)S(=O)(=O)c1cccc(C(=O)N2CCN(C3CCCN(C)C3)CC2)c1. The van der Waals surface area contributed by atoms with E-state index in [2.05, 4.69) is 16.8 Å². The lowest BCUT2D eigenvalue weighted by Crippen LogP contribution is -2.55. The number of benzene rings is 1. The zero-order valence-corrected chi connectivity index (χ0v) is 18.7. The van der Waals surface area contributed by atoms with E-state index in [1.165, 1.54) is 29.8 Å². The summed E-state index contributed by atoms with van der Waals surface area (Å²) in [6.07, 6.45) is 2.46. The summed E-state index contributed by atoms with van der Waals surface area (Å²) >= 11 is 0. The predicted molar refractivity (Wildman–Crippen MR) is 115 cm³/mol. The topological polar surface area (TPSA) is 64.2 Å². The normalized spacial score (nSPS) is 22.2. The molecule has 0 aromatic heterocycles. The van der Waals surface area contributed by atoms with Gasteiger partial charge in [0.2, 0.25) is 10.0 Å². The molecular weight excluding hydrogens is 388 g/mol. The molecule has 0 N–H and O–H groups in total. The fourth-order valence-electron chi connectivity index (χ4n) is 4.41. The third-order valence-electron chi connectivity index (χ3n) is 6.14. The van der Waals surface area contributed by atoms with E-state index in [9.17, 15) is 13.2 Å². The number of piperidine rings is 1. The van der Waals surface area contributed by atoms with Crippen LogP contribution in [-0.2, 0) is 10.0 Å². The van der Waals surface area contributed by atoms with Crippen LogP contribution in [0.4, 0.5) is 0 Å². The smallest absolute Gasteiger partial charge is 0.253 e. The average Bonchev–Trinajstić information content (AvgIpc) is 2.74. The largest absolute Gasteiger partial charge is 0.336 e. The molecule has 3 rings (SSSR count). The standard InChI is InChI=1S/C21H34N4O3S/c1-4-25(5-2)29(27,28)20-10-6-8-18(16-20)21(26)24-14-12-23(13-15-24)19-9-7-11-22(3)17-19/h6,8,10,16,19H,4-5,7,9,11-15,17H2,1-3H3. The van der Waals surface area contributed by atoms with Crippen LogP contribution in [0.3, 0.4) is 0 Å². The van der Waals surface area contributed by atoms with Crippen molar-refractivity contribution in [1.82, 2.24) is 19.0 Å². The molecule has 8 heteroatoms. The fourth-order valence-corrected chi connectivity index (χ4v) is 5.92. The maximum atomic E-state index is 13.0. The van der Waals surface area contributed by atoms with Crippen molar-refractivity contribution in [3.63, 3.8) is 0 Å². The molecule has 0 aliphatic carbocycles. The number of carbonyl (C=O) groups excluding carboxylic acids is 1. The van der Waals surface area contributed by atoms with Crippen LogP contribution in [0.25, 0.3) is 0 Å². The van der Waals surface area contributed by atoms with Gasteiger partial charge in [-0.3, -0.25) is 9.69 Å². The first-order valence-corrected chi connectivity index (χ1v) is 12.1. The molecule has 2 aliphatic heterocycles. The number of hydrogen-bond donors (Lipinski definition) is 0. The van der Waals surface area contributed by atoms with Gasteiger partial charge >= 0.3 is 0 Å². The molecule has 2 aliphatic rings. The number of piperazine rings is 1. The number of sulfonamides is 1. The molecule has 2 fully saturated rings. The average molecular weight is 423 g/mol. The Labute approximate surface area is 175 Å². The second-order valence-corrected chi connectivity index (χ2v) is 9.94. The maximum Gasteiger partial charge on any atom is 0.253 e. The zero-order valence-electron chi connectivity index (χ0n) is 17.9. The first kappa shape index (κ1) is 22.2. The monoisotopic (exact) mass is 422 g/mol. The number of hydrogen-bond acceptors (Lipinski definition) is 5. The van der Waals surface area contributed by atoms with Crippen molar-refractivity contribution in [2.45, 2.75) is 37.6 Å². The Morgan fingerprint density at radius 2 is 1.79 bits per heavy atom. The number of carbonyl (C=O) groups is 1. The van der Waals surface area contributed by atoms with Crippen molar-refractivity contribution in [2.75, 3.05) is 59.4 Å². The van der Waals surface area contributed by atoms with Crippen LogP contribution < -0.4 is 0 Å². The first-order chi connectivity index (χ1) is 13.9. The van der Waals surface area contributed by atoms with Gasteiger partial charge in [-0.15, -0.1) is 0 Å². The molecule has 2 saturated heterocycles. The molecule has 0 bridgehead atoms. The third kappa shape index (κ3) is 4.99. The summed E-state index contributed by atoms with van der Waals surface area (Å²) in [5.74, 6) is -0.0815. The molecule has 1 unspecified atom stereocenters. The molecule has 0 saturated carbocycles. The molecule has 162 valence electrons. The molecule has 0 radical (unpaired) electrons. The van der Waals surface area contributed by atoms with Crippen LogP contribution in [0.2, 0.25) is 0 Å². The van der Waals surface area contributed by atoms with E-state index in [-0.39, 0.29) is 10.8 Å².